The van der Waals surface area contributed by atoms with Gasteiger partial charge in [0.1, 0.15) is 0 Å². The molecule has 6 heteroatoms. The predicted octanol–water partition coefficient (Wildman–Crippen LogP) is 4.00. The van der Waals surface area contributed by atoms with Crippen LogP contribution in [0.25, 0.3) is 5.69 Å². The Labute approximate surface area is 120 Å². The summed E-state index contributed by atoms with van der Waals surface area (Å²) in [6.07, 6.45) is 0. The molecule has 0 atom stereocenters. The van der Waals surface area contributed by atoms with Crippen molar-refractivity contribution >= 4 is 29.2 Å². The third kappa shape index (κ3) is 2.74. The number of aromatic carboxylic acids is 1. The van der Waals surface area contributed by atoms with Crippen molar-refractivity contribution in [3.63, 3.8) is 0 Å². The average Bonchev–Trinajstić information content (AvgIpc) is 2.78. The van der Waals surface area contributed by atoms with Gasteiger partial charge >= 0.3 is 5.97 Å². The summed E-state index contributed by atoms with van der Waals surface area (Å²) in [5.41, 5.74) is 1.50. The van der Waals surface area contributed by atoms with Crippen molar-refractivity contribution in [1.82, 2.24) is 9.78 Å². The number of nitrogens with zero attached hydrogens (tertiary/aromatic N) is 2. The minimum absolute atomic E-state index is 0.00905. The molecule has 0 amide bonds. The Balaban J connectivity index is 2.59. The van der Waals surface area contributed by atoms with E-state index in [2.05, 4.69) is 5.10 Å². The molecular formula is C13H12Cl2N2O2. The highest BCUT2D eigenvalue weighted by Crippen LogP contribution is 2.27. The Kier molecular flexibility index (Phi) is 3.83. The number of rotatable bonds is 3. The topological polar surface area (TPSA) is 55.1 Å². The zero-order valence-corrected chi connectivity index (χ0v) is 11.9. The second-order valence-corrected chi connectivity index (χ2v) is 5.24. The smallest absolute Gasteiger partial charge is 0.356 e. The van der Waals surface area contributed by atoms with E-state index < -0.39 is 5.97 Å². The Morgan fingerprint density at radius 1 is 1.26 bits per heavy atom. The maximum atomic E-state index is 11.0. The van der Waals surface area contributed by atoms with Crippen molar-refractivity contribution in [2.24, 2.45) is 0 Å². The van der Waals surface area contributed by atoms with Gasteiger partial charge < -0.3 is 5.11 Å². The highest BCUT2D eigenvalue weighted by molar-refractivity contribution is 6.42. The summed E-state index contributed by atoms with van der Waals surface area (Å²) in [4.78, 5) is 11.0. The van der Waals surface area contributed by atoms with E-state index in [1.165, 1.54) is 0 Å². The largest absolute Gasteiger partial charge is 0.476 e. The molecule has 1 aromatic heterocycles. The van der Waals surface area contributed by atoms with Crippen molar-refractivity contribution in [1.29, 1.82) is 0 Å². The van der Waals surface area contributed by atoms with Crippen LogP contribution in [0, 0.1) is 0 Å². The van der Waals surface area contributed by atoms with Gasteiger partial charge in [0.2, 0.25) is 0 Å². The highest BCUT2D eigenvalue weighted by atomic mass is 35.5. The van der Waals surface area contributed by atoms with E-state index in [1.807, 2.05) is 13.8 Å². The van der Waals surface area contributed by atoms with Crippen LogP contribution < -0.4 is 0 Å². The molecule has 0 fully saturated rings. The van der Waals surface area contributed by atoms with Crippen molar-refractivity contribution in [3.05, 3.63) is 45.7 Å². The number of aromatic nitrogens is 2. The minimum Gasteiger partial charge on any atom is -0.476 e. The zero-order valence-electron chi connectivity index (χ0n) is 10.4. The first-order valence-corrected chi connectivity index (χ1v) is 6.44. The summed E-state index contributed by atoms with van der Waals surface area (Å²) in [5, 5.41) is 14.0. The monoisotopic (exact) mass is 298 g/mol. The van der Waals surface area contributed by atoms with Crippen molar-refractivity contribution in [2.45, 2.75) is 19.8 Å². The van der Waals surface area contributed by atoms with E-state index in [-0.39, 0.29) is 11.6 Å². The van der Waals surface area contributed by atoms with Gasteiger partial charge in [-0.05, 0) is 30.2 Å². The molecule has 0 radical (unpaired) electrons. The number of carboxylic acids is 1. The lowest BCUT2D eigenvalue weighted by molar-refractivity contribution is 0.0690. The van der Waals surface area contributed by atoms with Crippen LogP contribution in [0.3, 0.4) is 0 Å². The first-order chi connectivity index (χ1) is 8.90. The molecule has 0 bridgehead atoms. The Morgan fingerprint density at radius 3 is 2.47 bits per heavy atom. The molecule has 0 unspecified atom stereocenters. The summed E-state index contributed by atoms with van der Waals surface area (Å²) in [5.74, 6) is -0.921. The fourth-order valence-electron chi connectivity index (χ4n) is 1.73. The highest BCUT2D eigenvalue weighted by Gasteiger charge is 2.17. The second-order valence-electron chi connectivity index (χ2n) is 4.42. The van der Waals surface area contributed by atoms with Crippen LogP contribution >= 0.6 is 23.2 Å². The van der Waals surface area contributed by atoms with Gasteiger partial charge in [0, 0.05) is 5.69 Å². The Hall–Kier alpha value is -1.52. The number of hydrogen-bond donors (Lipinski definition) is 1. The molecule has 0 saturated heterocycles. The predicted molar refractivity (Wildman–Crippen MR) is 74.6 cm³/mol. The standard InChI is InChI=1S/C13H12Cl2N2O2/c1-7(2)12-6-11(13(18)19)16-17(12)8-3-4-9(14)10(15)5-8/h3-7H,1-2H3,(H,18,19). The number of benzene rings is 1. The van der Waals surface area contributed by atoms with Gasteiger partial charge in [-0.3, -0.25) is 0 Å². The van der Waals surface area contributed by atoms with Crippen molar-refractivity contribution in [2.75, 3.05) is 0 Å². The maximum absolute atomic E-state index is 11.0. The summed E-state index contributed by atoms with van der Waals surface area (Å²) in [6, 6.07) is 6.63. The summed E-state index contributed by atoms with van der Waals surface area (Å²) < 4.78 is 1.58. The molecule has 4 nitrogen and oxygen atoms in total. The third-order valence-electron chi connectivity index (χ3n) is 2.70. The molecule has 0 aliphatic heterocycles. The summed E-state index contributed by atoms with van der Waals surface area (Å²) in [6.45, 7) is 3.94. The number of hydrogen-bond acceptors (Lipinski definition) is 2. The van der Waals surface area contributed by atoms with E-state index in [4.69, 9.17) is 28.3 Å². The molecular weight excluding hydrogens is 287 g/mol. The molecule has 1 heterocycles. The summed E-state index contributed by atoms with van der Waals surface area (Å²) in [7, 11) is 0. The first-order valence-electron chi connectivity index (χ1n) is 5.69. The van der Waals surface area contributed by atoms with Gasteiger partial charge in [0.15, 0.2) is 5.69 Å². The lowest BCUT2D eigenvalue weighted by Crippen LogP contribution is -2.04. The molecule has 0 aliphatic carbocycles. The van der Waals surface area contributed by atoms with Crippen LogP contribution in [0.2, 0.25) is 10.0 Å². The molecule has 0 saturated carbocycles. The fraction of sp³-hybridized carbons (Fsp3) is 0.231. The van der Waals surface area contributed by atoms with Crippen LogP contribution in [-0.4, -0.2) is 20.9 Å². The zero-order chi connectivity index (χ0) is 14.2. The van der Waals surface area contributed by atoms with Crippen LogP contribution in [0.15, 0.2) is 24.3 Å². The van der Waals surface area contributed by atoms with Crippen LogP contribution in [0.1, 0.15) is 35.9 Å². The average molecular weight is 299 g/mol. The van der Waals surface area contributed by atoms with Gasteiger partial charge in [-0.25, -0.2) is 9.48 Å². The molecule has 1 aromatic carbocycles. The molecule has 1 N–H and O–H groups in total. The minimum atomic E-state index is -1.05. The number of carbonyl (C=O) groups is 1. The van der Waals surface area contributed by atoms with Crippen LogP contribution in [0.4, 0.5) is 0 Å². The quantitative estimate of drug-likeness (QED) is 0.932. The van der Waals surface area contributed by atoms with Crippen LogP contribution in [0.5, 0.6) is 0 Å². The molecule has 0 aliphatic rings. The van der Waals surface area contributed by atoms with Crippen LogP contribution in [-0.2, 0) is 0 Å². The van der Waals surface area contributed by atoms with Gasteiger partial charge in [-0.1, -0.05) is 37.0 Å². The Bertz CT molecular complexity index is 636. The van der Waals surface area contributed by atoms with E-state index in [0.717, 1.165) is 5.69 Å². The van der Waals surface area contributed by atoms with Crippen molar-refractivity contribution in [3.8, 4) is 5.69 Å². The normalized spacial score (nSPS) is 11.0. The maximum Gasteiger partial charge on any atom is 0.356 e. The van der Waals surface area contributed by atoms with Gasteiger partial charge in [-0.15, -0.1) is 0 Å². The van der Waals surface area contributed by atoms with E-state index >= 15 is 0 Å². The van der Waals surface area contributed by atoms with Crippen molar-refractivity contribution < 1.29 is 9.90 Å². The lowest BCUT2D eigenvalue weighted by atomic mass is 10.1. The fourth-order valence-corrected chi connectivity index (χ4v) is 2.03. The molecule has 19 heavy (non-hydrogen) atoms. The SMILES string of the molecule is CC(C)c1cc(C(=O)O)nn1-c1ccc(Cl)c(Cl)c1. The molecule has 100 valence electrons. The summed E-state index contributed by atoms with van der Waals surface area (Å²) >= 11 is 11.8. The number of carboxylic acid groups (broad SMARTS) is 1. The van der Waals surface area contributed by atoms with Gasteiger partial charge in [-0.2, -0.15) is 5.10 Å². The number of halogens is 2. The lowest BCUT2D eigenvalue weighted by Gasteiger charge is -2.10. The second kappa shape index (κ2) is 5.23. The molecule has 2 rings (SSSR count). The molecule has 0 spiro atoms. The third-order valence-corrected chi connectivity index (χ3v) is 3.43. The van der Waals surface area contributed by atoms with Gasteiger partial charge in [0.25, 0.3) is 0 Å². The van der Waals surface area contributed by atoms with E-state index in [1.54, 1.807) is 28.9 Å². The van der Waals surface area contributed by atoms with E-state index in [9.17, 15) is 4.79 Å². The van der Waals surface area contributed by atoms with Gasteiger partial charge in [0.05, 0.1) is 15.7 Å². The van der Waals surface area contributed by atoms with E-state index in [0.29, 0.717) is 15.7 Å². The first kappa shape index (κ1) is 13.9. The Morgan fingerprint density at radius 2 is 1.95 bits per heavy atom. The molecule has 2 aromatic rings.